The quantitative estimate of drug-likeness (QED) is 0.755. The second kappa shape index (κ2) is 8.85. The zero-order chi connectivity index (χ0) is 17.5. The van der Waals surface area contributed by atoms with Crippen LogP contribution >= 0.6 is 15.9 Å². The van der Waals surface area contributed by atoms with Crippen LogP contribution in [-0.2, 0) is 11.3 Å². The lowest BCUT2D eigenvalue weighted by atomic mass is 10.1. The van der Waals surface area contributed by atoms with E-state index in [-0.39, 0.29) is 18.0 Å². The fourth-order valence-electron chi connectivity index (χ4n) is 2.38. The zero-order valence-corrected chi connectivity index (χ0v) is 15.8. The van der Waals surface area contributed by atoms with Crippen molar-refractivity contribution in [2.24, 2.45) is 0 Å². The molecule has 2 rings (SSSR count). The minimum atomic E-state index is -0.276. The van der Waals surface area contributed by atoms with E-state index in [1.165, 1.54) is 0 Å². The van der Waals surface area contributed by atoms with Gasteiger partial charge in [-0.15, -0.1) is 0 Å². The Morgan fingerprint density at radius 3 is 2.29 bits per heavy atom. The van der Waals surface area contributed by atoms with E-state index in [4.69, 9.17) is 4.74 Å². The molecule has 0 saturated carbocycles. The largest absolute Gasteiger partial charge is 0.497 e. The van der Waals surface area contributed by atoms with Crippen LogP contribution in [0.15, 0.2) is 53.0 Å². The normalized spacial score (nSPS) is 13.2. The number of hydrogen-bond acceptors (Lipinski definition) is 3. The molecule has 0 aliphatic carbocycles. The number of rotatable bonds is 7. The van der Waals surface area contributed by atoms with E-state index in [0.717, 1.165) is 21.3 Å². The van der Waals surface area contributed by atoms with Gasteiger partial charge in [0.2, 0.25) is 5.91 Å². The van der Waals surface area contributed by atoms with Gasteiger partial charge in [-0.3, -0.25) is 10.1 Å². The molecule has 128 valence electrons. The van der Waals surface area contributed by atoms with E-state index >= 15 is 0 Å². The Morgan fingerprint density at radius 1 is 1.08 bits per heavy atom. The summed E-state index contributed by atoms with van der Waals surface area (Å²) < 4.78 is 6.17. The van der Waals surface area contributed by atoms with E-state index in [9.17, 15) is 4.79 Å². The van der Waals surface area contributed by atoms with Crippen molar-refractivity contribution in [2.75, 3.05) is 7.11 Å². The Bertz CT molecular complexity index is 656. The molecule has 0 fully saturated rings. The smallest absolute Gasteiger partial charge is 0.237 e. The van der Waals surface area contributed by atoms with Crippen LogP contribution in [0.3, 0.4) is 0 Å². The predicted molar refractivity (Wildman–Crippen MR) is 100.0 cm³/mol. The molecule has 0 radical (unpaired) electrons. The lowest BCUT2D eigenvalue weighted by molar-refractivity contribution is -0.123. The van der Waals surface area contributed by atoms with Gasteiger partial charge >= 0.3 is 0 Å². The molecule has 2 aromatic rings. The monoisotopic (exact) mass is 390 g/mol. The van der Waals surface area contributed by atoms with Crippen LogP contribution in [0.25, 0.3) is 0 Å². The highest BCUT2D eigenvalue weighted by molar-refractivity contribution is 9.10. The Hall–Kier alpha value is -1.85. The van der Waals surface area contributed by atoms with Crippen molar-refractivity contribution >= 4 is 21.8 Å². The van der Waals surface area contributed by atoms with Crippen molar-refractivity contribution in [1.82, 2.24) is 10.6 Å². The van der Waals surface area contributed by atoms with Gasteiger partial charge in [0.15, 0.2) is 0 Å². The maximum Gasteiger partial charge on any atom is 0.237 e. The average Bonchev–Trinajstić information content (AvgIpc) is 2.60. The van der Waals surface area contributed by atoms with E-state index in [1.54, 1.807) is 7.11 Å². The van der Waals surface area contributed by atoms with Crippen molar-refractivity contribution in [3.8, 4) is 5.75 Å². The third kappa shape index (κ3) is 5.35. The van der Waals surface area contributed by atoms with Crippen molar-refractivity contribution in [3.63, 3.8) is 0 Å². The van der Waals surface area contributed by atoms with Gasteiger partial charge in [0.25, 0.3) is 0 Å². The van der Waals surface area contributed by atoms with Gasteiger partial charge in [0, 0.05) is 17.1 Å². The average molecular weight is 391 g/mol. The molecule has 1 amide bonds. The molecule has 0 saturated heterocycles. The molecule has 0 aromatic heterocycles. The third-order valence-corrected chi connectivity index (χ3v) is 4.42. The summed E-state index contributed by atoms with van der Waals surface area (Å²) in [7, 11) is 1.64. The summed E-state index contributed by atoms with van der Waals surface area (Å²) in [4.78, 5) is 12.3. The predicted octanol–water partition coefficient (Wildman–Crippen LogP) is 3.81. The molecule has 2 N–H and O–H groups in total. The molecule has 0 unspecified atom stereocenters. The zero-order valence-electron chi connectivity index (χ0n) is 14.2. The van der Waals surface area contributed by atoms with Crippen molar-refractivity contribution in [3.05, 3.63) is 64.1 Å². The maximum atomic E-state index is 12.3. The summed E-state index contributed by atoms with van der Waals surface area (Å²) in [6.45, 7) is 4.43. The molecule has 24 heavy (non-hydrogen) atoms. The van der Waals surface area contributed by atoms with E-state index < -0.39 is 0 Å². The summed E-state index contributed by atoms with van der Waals surface area (Å²) in [5.74, 6) is 0.790. The Labute approximate surface area is 151 Å². The van der Waals surface area contributed by atoms with Gasteiger partial charge in [0.1, 0.15) is 5.75 Å². The minimum absolute atomic E-state index is 0.0187. The molecule has 2 atom stereocenters. The molecular formula is C19H23BrN2O2. The van der Waals surface area contributed by atoms with Gasteiger partial charge in [-0.2, -0.15) is 0 Å². The van der Waals surface area contributed by atoms with Crippen LogP contribution in [0, 0.1) is 0 Å². The van der Waals surface area contributed by atoms with Crippen LogP contribution in [-0.4, -0.2) is 19.1 Å². The molecule has 0 bridgehead atoms. The summed E-state index contributed by atoms with van der Waals surface area (Å²) in [5, 5.41) is 6.27. The molecule has 4 nitrogen and oxygen atoms in total. The highest BCUT2D eigenvalue weighted by Crippen LogP contribution is 2.17. The minimum Gasteiger partial charge on any atom is -0.497 e. The van der Waals surface area contributed by atoms with Gasteiger partial charge < -0.3 is 10.1 Å². The second-order valence-electron chi connectivity index (χ2n) is 5.73. The lowest BCUT2D eigenvalue weighted by Gasteiger charge is -2.20. The fourth-order valence-corrected chi connectivity index (χ4v) is 2.65. The number of nitrogens with one attached hydrogen (secondary N) is 2. The lowest BCUT2D eigenvalue weighted by Crippen LogP contribution is -2.42. The number of ether oxygens (including phenoxy) is 1. The molecule has 0 spiro atoms. The number of methoxy groups -OCH3 is 1. The van der Waals surface area contributed by atoms with Gasteiger partial charge in [-0.25, -0.2) is 0 Å². The number of benzene rings is 2. The van der Waals surface area contributed by atoms with Crippen molar-refractivity contribution in [1.29, 1.82) is 0 Å². The van der Waals surface area contributed by atoms with E-state index in [0.29, 0.717) is 6.54 Å². The summed E-state index contributed by atoms with van der Waals surface area (Å²) >= 11 is 3.43. The first kappa shape index (κ1) is 18.5. The number of carbonyl (C=O) groups excluding carboxylic acids is 1. The van der Waals surface area contributed by atoms with Crippen LogP contribution in [0.5, 0.6) is 5.75 Å². The summed E-state index contributed by atoms with van der Waals surface area (Å²) in [6, 6.07) is 15.6. The standard InChI is InChI=1S/C19H23BrN2O2/c1-13(16-6-8-17(20)9-7-16)22-14(2)19(23)21-12-15-4-10-18(24-3)11-5-15/h4-11,13-14,22H,12H2,1-3H3,(H,21,23)/t13-,14-/m0/s1. The molecular weight excluding hydrogens is 368 g/mol. The first-order valence-electron chi connectivity index (χ1n) is 7.91. The molecule has 0 heterocycles. The fraction of sp³-hybridized carbons (Fsp3) is 0.316. The highest BCUT2D eigenvalue weighted by atomic mass is 79.9. The number of carbonyl (C=O) groups is 1. The van der Waals surface area contributed by atoms with Crippen LogP contribution in [0.2, 0.25) is 0 Å². The van der Waals surface area contributed by atoms with Gasteiger partial charge in [0.05, 0.1) is 13.2 Å². The first-order chi connectivity index (χ1) is 11.5. The van der Waals surface area contributed by atoms with Gasteiger partial charge in [-0.1, -0.05) is 40.2 Å². The SMILES string of the molecule is COc1ccc(CNC(=O)[C@H](C)N[C@@H](C)c2ccc(Br)cc2)cc1. The van der Waals surface area contributed by atoms with Gasteiger partial charge in [-0.05, 0) is 49.2 Å². The Morgan fingerprint density at radius 2 is 1.71 bits per heavy atom. The number of halogens is 1. The molecule has 0 aliphatic heterocycles. The summed E-state index contributed by atoms with van der Waals surface area (Å²) in [6.07, 6.45) is 0. The highest BCUT2D eigenvalue weighted by Gasteiger charge is 2.16. The first-order valence-corrected chi connectivity index (χ1v) is 8.71. The molecule has 0 aliphatic rings. The Balaban J connectivity index is 1.83. The van der Waals surface area contributed by atoms with Crippen LogP contribution in [0.4, 0.5) is 0 Å². The number of amides is 1. The van der Waals surface area contributed by atoms with Crippen molar-refractivity contribution in [2.45, 2.75) is 32.5 Å². The second-order valence-corrected chi connectivity index (χ2v) is 6.64. The van der Waals surface area contributed by atoms with E-state index in [1.807, 2.05) is 55.5 Å². The van der Waals surface area contributed by atoms with Crippen LogP contribution < -0.4 is 15.4 Å². The van der Waals surface area contributed by atoms with Crippen molar-refractivity contribution < 1.29 is 9.53 Å². The van der Waals surface area contributed by atoms with Crippen LogP contribution in [0.1, 0.15) is 31.0 Å². The van der Waals surface area contributed by atoms with E-state index in [2.05, 4.69) is 33.5 Å². The summed E-state index contributed by atoms with van der Waals surface area (Å²) in [5.41, 5.74) is 2.19. The molecule has 5 heteroatoms. The topological polar surface area (TPSA) is 50.4 Å². The Kier molecular flexibility index (Phi) is 6.82. The maximum absolute atomic E-state index is 12.3. The molecule has 2 aromatic carbocycles. The third-order valence-electron chi connectivity index (χ3n) is 3.89. The number of hydrogen-bond donors (Lipinski definition) is 2.